The maximum atomic E-state index is 12.9. The molecule has 0 spiro atoms. The number of sulfonamides is 1. The number of aromatic nitrogens is 8. The molecule has 2 aromatic heterocycles. The molecule has 4 rings (SSSR count). The summed E-state index contributed by atoms with van der Waals surface area (Å²) in [6, 6.07) is -0.906. The summed E-state index contributed by atoms with van der Waals surface area (Å²) in [5, 5.41) is 35.5. The van der Waals surface area contributed by atoms with Crippen molar-refractivity contribution >= 4 is 51.3 Å². The van der Waals surface area contributed by atoms with Gasteiger partial charge in [-0.2, -0.15) is 0 Å². The van der Waals surface area contributed by atoms with Crippen LogP contribution in [0.15, 0.2) is 22.8 Å². The number of aliphatic carboxylic acids is 1. The summed E-state index contributed by atoms with van der Waals surface area (Å²) < 4.78 is 26.5. The minimum Gasteiger partial charge on any atom is -0.477 e. The predicted molar refractivity (Wildman–Crippen MR) is 119 cm³/mol. The average Bonchev–Trinajstić information content (AvgIpc) is 3.49. The lowest BCUT2D eigenvalue weighted by atomic mass is 10.0. The van der Waals surface area contributed by atoms with Gasteiger partial charge in [0, 0.05) is 17.5 Å². The molecule has 0 aliphatic carbocycles. The van der Waals surface area contributed by atoms with Crippen molar-refractivity contribution in [3.8, 4) is 0 Å². The lowest BCUT2D eigenvalue weighted by molar-refractivity contribution is -0.150. The highest BCUT2D eigenvalue weighted by molar-refractivity contribution is 8.01. The number of nitrogens with one attached hydrogen (secondary N) is 3. The number of H-pyrrole nitrogens is 1. The predicted octanol–water partition coefficient (Wildman–Crippen LogP) is -2.97. The molecular formula is C15H19N11O6S3. The summed E-state index contributed by atoms with van der Waals surface area (Å²) in [5.41, 5.74) is 0.219. The molecule has 1 saturated heterocycles. The first-order valence-corrected chi connectivity index (χ1v) is 13.7. The number of tetrazole rings is 2. The van der Waals surface area contributed by atoms with Crippen molar-refractivity contribution in [1.82, 2.24) is 55.8 Å². The third-order valence-corrected chi connectivity index (χ3v) is 8.18. The Kier molecular flexibility index (Phi) is 7.33. The Bertz CT molecular complexity index is 1230. The van der Waals surface area contributed by atoms with Gasteiger partial charge in [-0.3, -0.25) is 14.5 Å². The molecule has 35 heavy (non-hydrogen) atoms. The average molecular weight is 546 g/mol. The van der Waals surface area contributed by atoms with Crippen molar-refractivity contribution in [3.63, 3.8) is 0 Å². The Morgan fingerprint density at radius 3 is 2.83 bits per heavy atom. The van der Waals surface area contributed by atoms with E-state index in [0.29, 0.717) is 10.7 Å². The first-order valence-electron chi connectivity index (χ1n) is 9.90. The summed E-state index contributed by atoms with van der Waals surface area (Å²) >= 11 is 2.42. The summed E-state index contributed by atoms with van der Waals surface area (Å²) in [6.07, 6.45) is 2.48. The summed E-state index contributed by atoms with van der Waals surface area (Å²) in [7, 11) is -3.46. The molecule has 17 nitrogen and oxygen atoms in total. The Labute approximate surface area is 205 Å². The minimum atomic E-state index is -3.46. The number of thioether (sulfide) groups is 2. The molecule has 4 heterocycles. The topological polar surface area (TPSA) is 231 Å². The van der Waals surface area contributed by atoms with Gasteiger partial charge < -0.3 is 10.4 Å². The van der Waals surface area contributed by atoms with Crippen molar-refractivity contribution in [2.75, 3.05) is 18.6 Å². The lowest BCUT2D eigenvalue weighted by Crippen LogP contribution is -2.71. The van der Waals surface area contributed by atoms with E-state index in [9.17, 15) is 27.9 Å². The van der Waals surface area contributed by atoms with Crippen LogP contribution in [0.25, 0.3) is 0 Å². The van der Waals surface area contributed by atoms with Crippen molar-refractivity contribution in [1.29, 1.82) is 0 Å². The van der Waals surface area contributed by atoms with Crippen LogP contribution in [-0.2, 0) is 31.0 Å². The van der Waals surface area contributed by atoms with E-state index < -0.39 is 44.5 Å². The van der Waals surface area contributed by atoms with E-state index in [1.165, 1.54) is 22.8 Å². The largest absolute Gasteiger partial charge is 0.477 e. The highest BCUT2D eigenvalue weighted by atomic mass is 32.2. The van der Waals surface area contributed by atoms with Crippen LogP contribution in [0.3, 0.4) is 0 Å². The number of β-lactam (4-membered cyclic amide) rings is 1. The number of carboxylic acids is 1. The van der Waals surface area contributed by atoms with Crippen LogP contribution in [0, 0.1) is 0 Å². The van der Waals surface area contributed by atoms with Crippen LogP contribution in [-0.4, -0.2) is 112 Å². The van der Waals surface area contributed by atoms with Crippen LogP contribution in [0.2, 0.25) is 0 Å². The van der Waals surface area contributed by atoms with Gasteiger partial charge in [0.05, 0.1) is 6.26 Å². The zero-order chi connectivity index (χ0) is 25.2. The number of nitrogens with zero attached hydrogens (tertiary/aromatic N) is 8. The second-order valence-electron chi connectivity index (χ2n) is 7.41. The third-order valence-electron chi connectivity index (χ3n) is 4.95. The molecule has 2 aliphatic heterocycles. The van der Waals surface area contributed by atoms with Crippen LogP contribution >= 0.6 is 23.5 Å². The second-order valence-corrected chi connectivity index (χ2v) is 11.5. The van der Waals surface area contributed by atoms with Gasteiger partial charge in [-0.1, -0.05) is 11.8 Å². The lowest BCUT2D eigenvalue weighted by Gasteiger charge is -2.50. The number of amides is 2. The molecule has 2 amide bonds. The summed E-state index contributed by atoms with van der Waals surface area (Å²) in [4.78, 5) is 38.6. The Balaban J connectivity index is 1.53. The molecular weight excluding hydrogens is 526 g/mol. The van der Waals surface area contributed by atoms with Gasteiger partial charge >= 0.3 is 5.97 Å². The molecule has 0 saturated carbocycles. The maximum absolute atomic E-state index is 12.9. The molecule has 4 N–H and O–H groups in total. The van der Waals surface area contributed by atoms with Crippen LogP contribution < -0.4 is 10.0 Å². The van der Waals surface area contributed by atoms with Crippen LogP contribution in [0.1, 0.15) is 6.42 Å². The SMILES string of the molecule is CS(=O)(=O)NCCC(Sc1nnn[nH]1)C1=C(C(=O)O)N2C(=O)[C@@H](NC(=O)Cn3cnnn3)[C@@H]2SC1. The Morgan fingerprint density at radius 2 is 2.20 bits per heavy atom. The molecule has 2 aliphatic rings. The number of carboxylic acid groups (broad SMARTS) is 1. The van der Waals surface area contributed by atoms with Crippen LogP contribution in [0.4, 0.5) is 0 Å². The van der Waals surface area contributed by atoms with Gasteiger partial charge in [-0.05, 0) is 32.8 Å². The molecule has 3 atom stereocenters. The van der Waals surface area contributed by atoms with E-state index in [0.717, 1.165) is 22.9 Å². The van der Waals surface area contributed by atoms with Crippen LogP contribution in [0.5, 0.6) is 0 Å². The van der Waals surface area contributed by atoms with E-state index in [1.54, 1.807) is 0 Å². The van der Waals surface area contributed by atoms with Gasteiger partial charge in [0.15, 0.2) is 0 Å². The molecule has 188 valence electrons. The van der Waals surface area contributed by atoms with Crippen molar-refractivity contribution in [2.45, 2.75) is 34.8 Å². The smallest absolute Gasteiger partial charge is 0.352 e. The zero-order valence-electron chi connectivity index (χ0n) is 17.9. The number of carbonyl (C=O) groups excluding carboxylic acids is 2. The minimum absolute atomic E-state index is 0.0341. The maximum Gasteiger partial charge on any atom is 0.352 e. The van der Waals surface area contributed by atoms with Crippen molar-refractivity contribution < 1.29 is 27.9 Å². The number of fused-ring (bicyclic) bond motifs is 1. The third kappa shape index (κ3) is 5.77. The van der Waals surface area contributed by atoms with E-state index in [1.807, 2.05) is 0 Å². The molecule has 0 bridgehead atoms. The Hall–Kier alpha value is -3.10. The highest BCUT2D eigenvalue weighted by Gasteiger charge is 2.54. The zero-order valence-corrected chi connectivity index (χ0v) is 20.4. The first-order chi connectivity index (χ1) is 16.6. The number of carbonyl (C=O) groups is 3. The molecule has 20 heteroatoms. The monoisotopic (exact) mass is 545 g/mol. The van der Waals surface area contributed by atoms with Crippen molar-refractivity contribution in [3.05, 3.63) is 17.6 Å². The fourth-order valence-electron chi connectivity index (χ4n) is 3.52. The molecule has 1 fully saturated rings. The second kappa shape index (κ2) is 10.3. The molecule has 1 unspecified atom stereocenters. The molecule has 2 aromatic rings. The first kappa shape index (κ1) is 25.0. The molecule has 0 radical (unpaired) electrons. The molecule has 0 aromatic carbocycles. The van der Waals surface area contributed by atoms with E-state index in [2.05, 4.69) is 46.2 Å². The number of aromatic amines is 1. The van der Waals surface area contributed by atoms with Gasteiger partial charge in [-0.15, -0.1) is 22.0 Å². The number of hydrogen-bond acceptors (Lipinski definition) is 13. The number of rotatable bonds is 11. The summed E-state index contributed by atoms with van der Waals surface area (Å²) in [5.74, 6) is -2.15. The Morgan fingerprint density at radius 1 is 1.40 bits per heavy atom. The highest BCUT2D eigenvalue weighted by Crippen LogP contribution is 2.44. The quantitative estimate of drug-likeness (QED) is 0.163. The number of hydrogen-bond donors (Lipinski definition) is 4. The van der Waals surface area contributed by atoms with Gasteiger partial charge in [0.1, 0.15) is 30.0 Å². The van der Waals surface area contributed by atoms with E-state index in [-0.39, 0.29) is 31.0 Å². The summed E-state index contributed by atoms with van der Waals surface area (Å²) in [6.45, 7) is -0.162. The van der Waals surface area contributed by atoms with E-state index >= 15 is 0 Å². The standard InChI is InChI=1S/C15H19N11O6S3/c1-35(31,32)17-3-2-8(34-15-19-22-23-20-15)7-5-33-13-10(12(28)26(13)11(7)14(29)30)18-9(27)4-25-6-16-21-24-25/h6,8,10,13,17H,2-5H2,1H3,(H,18,27)(H,29,30)(H,19,20,22,23)/t8?,10-,13+/m1/s1. The van der Waals surface area contributed by atoms with E-state index in [4.69, 9.17) is 0 Å². The van der Waals surface area contributed by atoms with Gasteiger partial charge in [0.25, 0.3) is 5.91 Å². The van der Waals surface area contributed by atoms with Crippen molar-refractivity contribution in [2.24, 2.45) is 0 Å². The fraction of sp³-hybridized carbons (Fsp3) is 0.533. The fourth-order valence-corrected chi connectivity index (χ4v) is 6.56. The normalized spacial score (nSPS) is 20.8. The van der Waals surface area contributed by atoms with Gasteiger partial charge in [0.2, 0.25) is 21.1 Å². The van der Waals surface area contributed by atoms with Gasteiger partial charge in [-0.25, -0.2) is 27.7 Å².